The first-order valence-electron chi connectivity index (χ1n) is 5.88. The maximum absolute atomic E-state index is 4.02. The van der Waals surface area contributed by atoms with Crippen molar-refractivity contribution in [2.75, 3.05) is 6.54 Å². The molecule has 1 heterocycles. The Kier molecular flexibility index (Phi) is 6.29. The summed E-state index contributed by atoms with van der Waals surface area (Å²) in [6, 6.07) is 4.66. The third kappa shape index (κ3) is 4.95. The van der Waals surface area contributed by atoms with Crippen LogP contribution in [0, 0.1) is 11.8 Å². The summed E-state index contributed by atoms with van der Waals surface area (Å²) in [4.78, 5) is 4.02. The monoisotopic (exact) mass is 216 g/mol. The molecule has 1 aromatic rings. The standard InChI is InChI=1S/C14H20N2/c1-3-5-6-14(16-4-2)8-7-13-9-11-15-12-10-13/h9-12,14,16H,4,6-8H2,1-2H3. The third-order valence-corrected chi connectivity index (χ3v) is 2.55. The number of nitrogens with zero attached hydrogens (tertiary/aromatic N) is 1. The van der Waals surface area contributed by atoms with E-state index < -0.39 is 0 Å². The predicted octanol–water partition coefficient (Wildman–Crippen LogP) is 2.41. The lowest BCUT2D eigenvalue weighted by atomic mass is 10.0. The molecule has 1 N–H and O–H groups in total. The smallest absolute Gasteiger partial charge is 0.0270 e. The fourth-order valence-corrected chi connectivity index (χ4v) is 1.68. The van der Waals surface area contributed by atoms with Crippen LogP contribution in [0.25, 0.3) is 0 Å². The lowest BCUT2D eigenvalue weighted by molar-refractivity contribution is 0.503. The van der Waals surface area contributed by atoms with Gasteiger partial charge in [0.05, 0.1) is 0 Å². The summed E-state index contributed by atoms with van der Waals surface area (Å²) in [5.41, 5.74) is 1.35. The number of pyridine rings is 1. The molecule has 0 spiro atoms. The zero-order valence-electron chi connectivity index (χ0n) is 10.2. The average molecular weight is 216 g/mol. The molecular formula is C14H20N2. The highest BCUT2D eigenvalue weighted by Gasteiger charge is 2.05. The molecule has 1 rings (SSSR count). The van der Waals surface area contributed by atoms with E-state index in [1.54, 1.807) is 0 Å². The van der Waals surface area contributed by atoms with Gasteiger partial charge in [-0.25, -0.2) is 0 Å². The fraction of sp³-hybridized carbons (Fsp3) is 0.500. The molecule has 0 bridgehead atoms. The fourth-order valence-electron chi connectivity index (χ4n) is 1.68. The van der Waals surface area contributed by atoms with E-state index >= 15 is 0 Å². The molecule has 2 heteroatoms. The molecule has 86 valence electrons. The highest BCUT2D eigenvalue weighted by Crippen LogP contribution is 2.06. The van der Waals surface area contributed by atoms with Crippen LogP contribution in [0.1, 0.15) is 32.3 Å². The first-order valence-corrected chi connectivity index (χ1v) is 5.88. The Morgan fingerprint density at radius 1 is 1.38 bits per heavy atom. The van der Waals surface area contributed by atoms with Crippen molar-refractivity contribution >= 4 is 0 Å². The summed E-state index contributed by atoms with van der Waals surface area (Å²) in [6.07, 6.45) is 6.86. The second-order valence-corrected chi connectivity index (χ2v) is 3.78. The normalized spacial score (nSPS) is 11.6. The molecule has 16 heavy (non-hydrogen) atoms. The van der Waals surface area contributed by atoms with E-state index in [-0.39, 0.29) is 0 Å². The molecule has 1 unspecified atom stereocenters. The van der Waals surface area contributed by atoms with E-state index in [0.717, 1.165) is 25.8 Å². The zero-order chi connectivity index (χ0) is 11.6. The average Bonchev–Trinajstić information content (AvgIpc) is 2.34. The van der Waals surface area contributed by atoms with Crippen molar-refractivity contribution in [3.8, 4) is 11.8 Å². The first kappa shape index (κ1) is 12.7. The Balaban J connectivity index is 2.39. The number of nitrogens with one attached hydrogen (secondary N) is 1. The van der Waals surface area contributed by atoms with Crippen molar-refractivity contribution < 1.29 is 0 Å². The van der Waals surface area contributed by atoms with E-state index in [1.807, 2.05) is 19.3 Å². The molecule has 0 aliphatic rings. The Morgan fingerprint density at radius 3 is 2.75 bits per heavy atom. The van der Waals surface area contributed by atoms with Crippen LogP contribution >= 0.6 is 0 Å². The van der Waals surface area contributed by atoms with Gasteiger partial charge in [0, 0.05) is 24.9 Å². The molecule has 0 aliphatic heterocycles. The second-order valence-electron chi connectivity index (χ2n) is 3.78. The van der Waals surface area contributed by atoms with Crippen LogP contribution in [-0.4, -0.2) is 17.6 Å². The van der Waals surface area contributed by atoms with Gasteiger partial charge in [-0.2, -0.15) is 0 Å². The number of aromatic nitrogens is 1. The molecule has 0 aromatic carbocycles. The van der Waals surface area contributed by atoms with Gasteiger partial charge in [0.25, 0.3) is 0 Å². The molecule has 0 aliphatic carbocycles. The summed E-state index contributed by atoms with van der Waals surface area (Å²) in [6.45, 7) is 5.04. The summed E-state index contributed by atoms with van der Waals surface area (Å²) < 4.78 is 0. The van der Waals surface area contributed by atoms with Gasteiger partial charge in [-0.1, -0.05) is 6.92 Å². The Bertz CT molecular complexity index is 335. The van der Waals surface area contributed by atoms with Crippen LogP contribution in [0.5, 0.6) is 0 Å². The van der Waals surface area contributed by atoms with Gasteiger partial charge >= 0.3 is 0 Å². The Labute approximate surface area is 98.5 Å². The van der Waals surface area contributed by atoms with Crippen LogP contribution in [0.2, 0.25) is 0 Å². The van der Waals surface area contributed by atoms with Crippen LogP contribution in [-0.2, 0) is 6.42 Å². The largest absolute Gasteiger partial charge is 0.313 e. The number of hydrogen-bond acceptors (Lipinski definition) is 2. The minimum atomic E-state index is 0.505. The van der Waals surface area contributed by atoms with E-state index in [4.69, 9.17) is 0 Å². The molecule has 0 saturated carbocycles. The SMILES string of the molecule is CC#CCC(CCc1ccncc1)NCC. The summed E-state index contributed by atoms with van der Waals surface area (Å²) in [7, 11) is 0. The highest BCUT2D eigenvalue weighted by atomic mass is 14.9. The van der Waals surface area contributed by atoms with Crippen LogP contribution in [0.15, 0.2) is 24.5 Å². The van der Waals surface area contributed by atoms with Gasteiger partial charge < -0.3 is 5.32 Å². The molecule has 2 nitrogen and oxygen atoms in total. The first-order chi connectivity index (χ1) is 7.86. The van der Waals surface area contributed by atoms with E-state index in [2.05, 4.69) is 41.2 Å². The lowest BCUT2D eigenvalue weighted by Crippen LogP contribution is -2.28. The van der Waals surface area contributed by atoms with E-state index in [1.165, 1.54) is 5.56 Å². The third-order valence-electron chi connectivity index (χ3n) is 2.55. The maximum Gasteiger partial charge on any atom is 0.0270 e. The second kappa shape index (κ2) is 7.90. The molecule has 1 atom stereocenters. The topological polar surface area (TPSA) is 24.9 Å². The lowest BCUT2D eigenvalue weighted by Gasteiger charge is -2.14. The minimum absolute atomic E-state index is 0.505. The van der Waals surface area contributed by atoms with Crippen LogP contribution in [0.3, 0.4) is 0 Å². The maximum atomic E-state index is 4.02. The molecular weight excluding hydrogens is 196 g/mol. The molecule has 0 amide bonds. The Morgan fingerprint density at radius 2 is 2.12 bits per heavy atom. The zero-order valence-corrected chi connectivity index (χ0v) is 10.2. The van der Waals surface area contributed by atoms with E-state index in [0.29, 0.717) is 6.04 Å². The summed E-state index contributed by atoms with van der Waals surface area (Å²) in [5.74, 6) is 6.10. The van der Waals surface area contributed by atoms with Gasteiger partial charge in [-0.05, 0) is 44.0 Å². The number of rotatable bonds is 6. The number of hydrogen-bond donors (Lipinski definition) is 1. The van der Waals surface area contributed by atoms with Crippen molar-refractivity contribution in [1.82, 2.24) is 10.3 Å². The Hall–Kier alpha value is -1.33. The van der Waals surface area contributed by atoms with Gasteiger partial charge in [0.15, 0.2) is 0 Å². The molecule has 0 saturated heterocycles. The molecule has 0 fully saturated rings. The summed E-state index contributed by atoms with van der Waals surface area (Å²) >= 11 is 0. The van der Waals surface area contributed by atoms with Gasteiger partial charge in [-0.3, -0.25) is 4.98 Å². The van der Waals surface area contributed by atoms with Crippen molar-refractivity contribution in [1.29, 1.82) is 0 Å². The van der Waals surface area contributed by atoms with Crippen molar-refractivity contribution in [3.05, 3.63) is 30.1 Å². The highest BCUT2D eigenvalue weighted by molar-refractivity contribution is 5.10. The van der Waals surface area contributed by atoms with Crippen molar-refractivity contribution in [3.63, 3.8) is 0 Å². The van der Waals surface area contributed by atoms with Gasteiger partial charge in [-0.15, -0.1) is 11.8 Å². The van der Waals surface area contributed by atoms with Crippen molar-refractivity contribution in [2.24, 2.45) is 0 Å². The van der Waals surface area contributed by atoms with E-state index in [9.17, 15) is 0 Å². The predicted molar refractivity (Wildman–Crippen MR) is 68.1 cm³/mol. The van der Waals surface area contributed by atoms with Crippen LogP contribution < -0.4 is 5.32 Å². The summed E-state index contributed by atoms with van der Waals surface area (Å²) in [5, 5.41) is 3.47. The minimum Gasteiger partial charge on any atom is -0.313 e. The van der Waals surface area contributed by atoms with Gasteiger partial charge in [0.2, 0.25) is 0 Å². The van der Waals surface area contributed by atoms with Crippen molar-refractivity contribution in [2.45, 2.75) is 39.2 Å². The number of aryl methyl sites for hydroxylation is 1. The quantitative estimate of drug-likeness (QED) is 0.739. The van der Waals surface area contributed by atoms with Crippen LogP contribution in [0.4, 0.5) is 0 Å². The molecule has 0 radical (unpaired) electrons. The van der Waals surface area contributed by atoms with Gasteiger partial charge in [0.1, 0.15) is 0 Å². The molecule has 1 aromatic heterocycles.